The first-order valence-corrected chi connectivity index (χ1v) is 7.04. The lowest BCUT2D eigenvalue weighted by Crippen LogP contribution is -1.97. The van der Waals surface area contributed by atoms with Gasteiger partial charge in [-0.05, 0) is 47.5 Å². The fraction of sp³-hybridized carbons (Fsp3) is 0.0714. The maximum Gasteiger partial charge on any atom is 0.252 e. The van der Waals surface area contributed by atoms with Crippen LogP contribution in [0.1, 0.15) is 15.9 Å². The molecular formula is C14H8Cl4O2. The Hall–Kier alpha value is -0.930. The molecule has 0 amide bonds. The summed E-state index contributed by atoms with van der Waals surface area (Å²) < 4.78 is 5.56. The van der Waals surface area contributed by atoms with Crippen molar-refractivity contribution in [2.45, 2.75) is 6.61 Å². The first-order chi connectivity index (χ1) is 9.47. The average molecular weight is 350 g/mol. The van der Waals surface area contributed by atoms with Crippen molar-refractivity contribution in [3.8, 4) is 5.75 Å². The van der Waals surface area contributed by atoms with Gasteiger partial charge in [0.15, 0.2) is 0 Å². The van der Waals surface area contributed by atoms with E-state index in [1.165, 1.54) is 6.07 Å². The molecule has 0 radical (unpaired) electrons. The van der Waals surface area contributed by atoms with E-state index >= 15 is 0 Å². The van der Waals surface area contributed by atoms with Crippen LogP contribution in [0.25, 0.3) is 0 Å². The standard InChI is InChI=1S/C14H8Cl4O2/c15-10-3-1-8(5-11(10)16)7-20-13-4-2-9(14(18)19)6-12(13)17/h1-6H,7H2. The molecule has 2 rings (SSSR count). The number of ether oxygens (including phenoxy) is 1. The second kappa shape index (κ2) is 6.68. The summed E-state index contributed by atoms with van der Waals surface area (Å²) in [5, 5.41) is 0.694. The Morgan fingerprint density at radius 1 is 0.950 bits per heavy atom. The molecule has 0 aliphatic rings. The van der Waals surface area contributed by atoms with Gasteiger partial charge in [-0.2, -0.15) is 0 Å². The summed E-state index contributed by atoms with van der Waals surface area (Å²) in [5.74, 6) is 0.458. The third-order valence-electron chi connectivity index (χ3n) is 2.54. The van der Waals surface area contributed by atoms with Crippen LogP contribution in [-0.4, -0.2) is 5.24 Å². The minimum Gasteiger partial charge on any atom is -0.487 e. The second-order valence-electron chi connectivity index (χ2n) is 3.96. The number of halogens is 4. The van der Waals surface area contributed by atoms with Gasteiger partial charge in [-0.15, -0.1) is 0 Å². The van der Waals surface area contributed by atoms with E-state index in [9.17, 15) is 4.79 Å². The smallest absolute Gasteiger partial charge is 0.252 e. The maximum absolute atomic E-state index is 11.0. The lowest BCUT2D eigenvalue weighted by atomic mass is 10.2. The minimum absolute atomic E-state index is 0.283. The summed E-state index contributed by atoms with van der Waals surface area (Å²) in [5.41, 5.74) is 1.17. The van der Waals surface area contributed by atoms with Gasteiger partial charge in [0.2, 0.25) is 0 Å². The predicted octanol–water partition coefficient (Wildman–Crippen LogP) is 5.60. The molecule has 0 bridgehead atoms. The summed E-state index contributed by atoms with van der Waals surface area (Å²) in [4.78, 5) is 11.0. The van der Waals surface area contributed by atoms with Crippen LogP contribution < -0.4 is 4.74 Å². The molecule has 2 nitrogen and oxygen atoms in total. The van der Waals surface area contributed by atoms with Crippen LogP contribution in [0.4, 0.5) is 0 Å². The van der Waals surface area contributed by atoms with Gasteiger partial charge < -0.3 is 4.74 Å². The molecule has 6 heteroatoms. The van der Waals surface area contributed by atoms with Crippen molar-refractivity contribution >= 4 is 51.6 Å². The number of hydrogen-bond acceptors (Lipinski definition) is 2. The van der Waals surface area contributed by atoms with E-state index in [0.29, 0.717) is 26.4 Å². The quantitative estimate of drug-likeness (QED) is 0.671. The van der Waals surface area contributed by atoms with E-state index in [0.717, 1.165) is 5.56 Å². The van der Waals surface area contributed by atoms with Crippen molar-refractivity contribution in [1.29, 1.82) is 0 Å². The normalized spacial score (nSPS) is 10.4. The molecule has 2 aromatic rings. The summed E-state index contributed by atoms with van der Waals surface area (Å²) >= 11 is 23.1. The van der Waals surface area contributed by atoms with Crippen LogP contribution in [0, 0.1) is 0 Å². The van der Waals surface area contributed by atoms with Crippen molar-refractivity contribution in [3.63, 3.8) is 0 Å². The van der Waals surface area contributed by atoms with Crippen LogP contribution in [0.3, 0.4) is 0 Å². The van der Waals surface area contributed by atoms with Crippen molar-refractivity contribution in [2.24, 2.45) is 0 Å². The topological polar surface area (TPSA) is 26.3 Å². The van der Waals surface area contributed by atoms with Gasteiger partial charge >= 0.3 is 0 Å². The van der Waals surface area contributed by atoms with E-state index in [1.807, 2.05) is 0 Å². The highest BCUT2D eigenvalue weighted by Crippen LogP contribution is 2.28. The van der Waals surface area contributed by atoms with Gasteiger partial charge in [-0.1, -0.05) is 40.9 Å². The Morgan fingerprint density at radius 2 is 1.70 bits per heavy atom. The van der Waals surface area contributed by atoms with Crippen LogP contribution in [0.2, 0.25) is 15.1 Å². The van der Waals surface area contributed by atoms with Gasteiger partial charge in [-0.3, -0.25) is 4.79 Å². The zero-order valence-electron chi connectivity index (χ0n) is 10.00. The molecule has 0 atom stereocenters. The molecule has 20 heavy (non-hydrogen) atoms. The zero-order valence-corrected chi connectivity index (χ0v) is 13.0. The van der Waals surface area contributed by atoms with E-state index in [-0.39, 0.29) is 6.61 Å². The number of hydrogen-bond donors (Lipinski definition) is 0. The fourth-order valence-corrected chi connectivity index (χ4v) is 2.20. The fourth-order valence-electron chi connectivity index (χ4n) is 1.53. The van der Waals surface area contributed by atoms with E-state index < -0.39 is 5.24 Å². The van der Waals surface area contributed by atoms with Crippen LogP contribution in [-0.2, 0) is 6.61 Å². The Kier molecular flexibility index (Phi) is 5.17. The molecule has 0 saturated carbocycles. The number of carbonyl (C=O) groups is 1. The molecular weight excluding hydrogens is 342 g/mol. The first kappa shape index (κ1) is 15.5. The van der Waals surface area contributed by atoms with E-state index in [2.05, 4.69) is 0 Å². The lowest BCUT2D eigenvalue weighted by Gasteiger charge is -2.09. The molecule has 0 aliphatic heterocycles. The van der Waals surface area contributed by atoms with Crippen molar-refractivity contribution in [3.05, 3.63) is 62.6 Å². The Bertz CT molecular complexity index is 656. The highest BCUT2D eigenvalue weighted by atomic mass is 35.5. The van der Waals surface area contributed by atoms with Crippen molar-refractivity contribution in [2.75, 3.05) is 0 Å². The molecule has 0 N–H and O–H groups in total. The molecule has 0 spiro atoms. The number of benzene rings is 2. The van der Waals surface area contributed by atoms with Gasteiger partial charge in [0.1, 0.15) is 12.4 Å². The summed E-state index contributed by atoms with van der Waals surface area (Å²) in [6, 6.07) is 9.81. The third-order valence-corrected chi connectivity index (χ3v) is 3.79. The monoisotopic (exact) mass is 348 g/mol. The molecule has 0 saturated heterocycles. The number of rotatable bonds is 4. The first-order valence-electron chi connectivity index (χ1n) is 5.53. The summed E-state index contributed by atoms with van der Waals surface area (Å²) in [6.07, 6.45) is 0. The van der Waals surface area contributed by atoms with Crippen LogP contribution >= 0.6 is 46.4 Å². The van der Waals surface area contributed by atoms with E-state index in [1.54, 1.807) is 30.3 Å². The maximum atomic E-state index is 11.0. The van der Waals surface area contributed by atoms with Gasteiger partial charge in [0, 0.05) is 5.56 Å². The van der Waals surface area contributed by atoms with E-state index in [4.69, 9.17) is 51.1 Å². The summed E-state index contributed by atoms with van der Waals surface area (Å²) in [6.45, 7) is 0.283. The molecule has 2 aromatic carbocycles. The molecule has 0 aliphatic carbocycles. The Morgan fingerprint density at radius 3 is 2.30 bits per heavy atom. The van der Waals surface area contributed by atoms with Crippen LogP contribution in [0.5, 0.6) is 5.75 Å². The Labute approximate surface area is 136 Å². The molecule has 0 heterocycles. The minimum atomic E-state index is -0.567. The molecule has 0 aromatic heterocycles. The number of carbonyl (C=O) groups excluding carboxylic acids is 1. The van der Waals surface area contributed by atoms with Crippen LogP contribution in [0.15, 0.2) is 36.4 Å². The highest BCUT2D eigenvalue weighted by molar-refractivity contribution is 6.67. The average Bonchev–Trinajstić information content (AvgIpc) is 2.41. The van der Waals surface area contributed by atoms with Crippen molar-refractivity contribution in [1.82, 2.24) is 0 Å². The molecule has 104 valence electrons. The van der Waals surface area contributed by atoms with Crippen molar-refractivity contribution < 1.29 is 9.53 Å². The predicted molar refractivity (Wildman–Crippen MR) is 82.4 cm³/mol. The van der Waals surface area contributed by atoms with Gasteiger partial charge in [0.25, 0.3) is 5.24 Å². The lowest BCUT2D eigenvalue weighted by molar-refractivity contribution is 0.108. The SMILES string of the molecule is O=C(Cl)c1ccc(OCc2ccc(Cl)c(Cl)c2)c(Cl)c1. The van der Waals surface area contributed by atoms with Gasteiger partial charge in [-0.25, -0.2) is 0 Å². The van der Waals surface area contributed by atoms with Gasteiger partial charge in [0.05, 0.1) is 15.1 Å². The second-order valence-corrected chi connectivity index (χ2v) is 5.52. The highest BCUT2D eigenvalue weighted by Gasteiger charge is 2.08. The molecule has 0 unspecified atom stereocenters. The Balaban J connectivity index is 2.10. The molecule has 0 fully saturated rings. The summed E-state index contributed by atoms with van der Waals surface area (Å²) in [7, 11) is 0. The zero-order chi connectivity index (χ0) is 14.7. The largest absolute Gasteiger partial charge is 0.487 e. The third kappa shape index (κ3) is 3.80.